The molecule has 0 spiro atoms. The molecule has 0 atom stereocenters. The highest BCUT2D eigenvalue weighted by Gasteiger charge is 2.01. The van der Waals surface area contributed by atoms with E-state index in [1.165, 1.54) is 0 Å². The van der Waals surface area contributed by atoms with Crippen LogP contribution in [-0.2, 0) is 13.1 Å². The van der Waals surface area contributed by atoms with Crippen molar-refractivity contribution in [2.24, 2.45) is 5.73 Å². The minimum absolute atomic E-state index is 0.405. The van der Waals surface area contributed by atoms with Crippen LogP contribution >= 0.6 is 0 Å². The van der Waals surface area contributed by atoms with Crippen LogP contribution < -0.4 is 10.5 Å². The third-order valence-electron chi connectivity index (χ3n) is 2.33. The fraction of sp³-hybridized carbons (Fsp3) is 0.364. The van der Waals surface area contributed by atoms with Gasteiger partial charge in [-0.05, 0) is 19.1 Å². The van der Waals surface area contributed by atoms with E-state index in [-0.39, 0.29) is 0 Å². The summed E-state index contributed by atoms with van der Waals surface area (Å²) in [6, 6.07) is 3.75. The van der Waals surface area contributed by atoms with Crippen molar-refractivity contribution < 1.29 is 4.74 Å². The smallest absolute Gasteiger partial charge is 0.140 e. The summed E-state index contributed by atoms with van der Waals surface area (Å²) in [5, 5.41) is 7.83. The predicted molar refractivity (Wildman–Crippen MR) is 62.4 cm³/mol. The summed E-state index contributed by atoms with van der Waals surface area (Å²) in [7, 11) is 0. The molecule has 0 aliphatic heterocycles. The van der Waals surface area contributed by atoms with E-state index in [1.54, 1.807) is 10.9 Å². The number of aryl methyl sites for hydroxylation is 1. The Morgan fingerprint density at radius 3 is 3.06 bits per heavy atom. The highest BCUT2D eigenvalue weighted by molar-refractivity contribution is 5.25. The molecule has 0 radical (unpaired) electrons. The molecule has 6 heteroatoms. The van der Waals surface area contributed by atoms with Crippen molar-refractivity contribution in [1.29, 1.82) is 0 Å². The first-order valence-corrected chi connectivity index (χ1v) is 5.43. The summed E-state index contributed by atoms with van der Waals surface area (Å²) < 4.78 is 7.32. The summed E-state index contributed by atoms with van der Waals surface area (Å²) in [4.78, 5) is 4.15. The number of pyridine rings is 1. The molecule has 0 bridgehead atoms. The predicted octanol–water partition coefficient (Wildman–Crippen LogP) is 0.519. The number of rotatable bonds is 5. The summed E-state index contributed by atoms with van der Waals surface area (Å²) >= 11 is 0. The van der Waals surface area contributed by atoms with Gasteiger partial charge in [0.1, 0.15) is 12.4 Å². The Morgan fingerprint density at radius 1 is 1.47 bits per heavy atom. The van der Waals surface area contributed by atoms with Gasteiger partial charge in [-0.2, -0.15) is 0 Å². The maximum Gasteiger partial charge on any atom is 0.140 e. The van der Waals surface area contributed by atoms with E-state index in [1.807, 2.05) is 25.3 Å². The highest BCUT2D eigenvalue weighted by Crippen LogP contribution is 2.13. The molecule has 0 amide bonds. The molecule has 6 nitrogen and oxygen atoms in total. The van der Waals surface area contributed by atoms with Crippen LogP contribution in [0.3, 0.4) is 0 Å². The number of ether oxygens (including phenoxy) is 1. The van der Waals surface area contributed by atoms with Gasteiger partial charge in [0.15, 0.2) is 0 Å². The molecule has 2 aromatic heterocycles. The largest absolute Gasteiger partial charge is 0.490 e. The molecule has 2 rings (SSSR count). The first kappa shape index (κ1) is 11.5. The first-order valence-electron chi connectivity index (χ1n) is 5.43. The maximum absolute atomic E-state index is 5.60. The number of aromatic nitrogens is 4. The minimum Gasteiger partial charge on any atom is -0.490 e. The number of nitrogens with zero attached hydrogens (tertiary/aromatic N) is 4. The standard InChI is InChI=1S/C11H15N5O/c1-9-11(3-2-4-13-9)17-6-5-16-8-10(7-12)14-15-16/h2-4,8H,5-7,12H2,1H3. The Bertz CT molecular complexity index is 482. The lowest BCUT2D eigenvalue weighted by molar-refractivity contribution is 0.286. The van der Waals surface area contributed by atoms with Crippen molar-refractivity contribution in [3.05, 3.63) is 35.9 Å². The molecule has 0 aliphatic rings. The molecule has 0 aliphatic carbocycles. The highest BCUT2D eigenvalue weighted by atomic mass is 16.5. The van der Waals surface area contributed by atoms with Crippen LogP contribution in [0.25, 0.3) is 0 Å². The zero-order valence-corrected chi connectivity index (χ0v) is 9.71. The molecule has 2 heterocycles. The van der Waals surface area contributed by atoms with Gasteiger partial charge in [0.05, 0.1) is 17.9 Å². The summed E-state index contributed by atoms with van der Waals surface area (Å²) in [6.45, 7) is 3.49. The van der Waals surface area contributed by atoms with Crippen molar-refractivity contribution in [3.8, 4) is 5.75 Å². The molecule has 0 unspecified atom stereocenters. The van der Waals surface area contributed by atoms with Crippen molar-refractivity contribution in [1.82, 2.24) is 20.0 Å². The minimum atomic E-state index is 0.405. The average Bonchev–Trinajstić information content (AvgIpc) is 2.80. The second kappa shape index (κ2) is 5.40. The van der Waals surface area contributed by atoms with E-state index in [9.17, 15) is 0 Å². The summed E-state index contributed by atoms with van der Waals surface area (Å²) in [5.41, 5.74) is 7.11. The molecule has 0 aromatic carbocycles. The van der Waals surface area contributed by atoms with Crippen molar-refractivity contribution in [3.63, 3.8) is 0 Å². The van der Waals surface area contributed by atoms with E-state index < -0.39 is 0 Å². The Labute approximate surface area is 99.4 Å². The Kier molecular flexibility index (Phi) is 3.66. The van der Waals surface area contributed by atoms with Gasteiger partial charge >= 0.3 is 0 Å². The van der Waals surface area contributed by atoms with Crippen LogP contribution in [0.15, 0.2) is 24.5 Å². The SMILES string of the molecule is Cc1ncccc1OCCn1cc(CN)nn1. The molecule has 0 fully saturated rings. The zero-order valence-electron chi connectivity index (χ0n) is 9.71. The van der Waals surface area contributed by atoms with E-state index in [4.69, 9.17) is 10.5 Å². The summed E-state index contributed by atoms with van der Waals surface area (Å²) in [6.07, 6.45) is 3.56. The molecule has 90 valence electrons. The lowest BCUT2D eigenvalue weighted by Crippen LogP contribution is -2.09. The van der Waals surface area contributed by atoms with Gasteiger partial charge in [-0.1, -0.05) is 5.21 Å². The second-order valence-electron chi connectivity index (χ2n) is 3.61. The first-order chi connectivity index (χ1) is 8.29. The molecular formula is C11H15N5O. The van der Waals surface area contributed by atoms with Gasteiger partial charge in [-0.25, -0.2) is 4.68 Å². The zero-order chi connectivity index (χ0) is 12.1. The topological polar surface area (TPSA) is 78.9 Å². The second-order valence-corrected chi connectivity index (χ2v) is 3.61. The van der Waals surface area contributed by atoms with Gasteiger partial charge in [0.2, 0.25) is 0 Å². The van der Waals surface area contributed by atoms with Crippen LogP contribution in [-0.4, -0.2) is 26.6 Å². The Hall–Kier alpha value is -1.95. The Morgan fingerprint density at radius 2 is 2.35 bits per heavy atom. The average molecular weight is 233 g/mol. The van der Waals surface area contributed by atoms with Gasteiger partial charge in [-0.15, -0.1) is 5.10 Å². The van der Waals surface area contributed by atoms with E-state index in [0.717, 1.165) is 17.1 Å². The third-order valence-corrected chi connectivity index (χ3v) is 2.33. The molecule has 0 saturated carbocycles. The van der Waals surface area contributed by atoms with E-state index in [0.29, 0.717) is 19.7 Å². The fourth-order valence-corrected chi connectivity index (χ4v) is 1.41. The van der Waals surface area contributed by atoms with Crippen LogP contribution in [0.5, 0.6) is 5.75 Å². The van der Waals surface area contributed by atoms with Crippen LogP contribution in [0.1, 0.15) is 11.4 Å². The van der Waals surface area contributed by atoms with Crippen LogP contribution in [0.4, 0.5) is 0 Å². The van der Waals surface area contributed by atoms with Crippen LogP contribution in [0, 0.1) is 6.92 Å². The molecule has 2 aromatic rings. The van der Waals surface area contributed by atoms with Crippen LogP contribution in [0.2, 0.25) is 0 Å². The maximum atomic E-state index is 5.60. The fourth-order valence-electron chi connectivity index (χ4n) is 1.41. The monoisotopic (exact) mass is 233 g/mol. The quantitative estimate of drug-likeness (QED) is 0.814. The number of nitrogens with two attached hydrogens (primary N) is 1. The van der Waals surface area contributed by atoms with Gasteiger partial charge in [0.25, 0.3) is 0 Å². The lowest BCUT2D eigenvalue weighted by atomic mass is 10.3. The van der Waals surface area contributed by atoms with Gasteiger partial charge in [0, 0.05) is 18.9 Å². The Balaban J connectivity index is 1.85. The molecule has 17 heavy (non-hydrogen) atoms. The number of hydrogen-bond donors (Lipinski definition) is 1. The van der Waals surface area contributed by atoms with E-state index >= 15 is 0 Å². The van der Waals surface area contributed by atoms with E-state index in [2.05, 4.69) is 15.3 Å². The molecule has 0 saturated heterocycles. The molecular weight excluding hydrogens is 218 g/mol. The van der Waals surface area contributed by atoms with Crippen molar-refractivity contribution in [2.75, 3.05) is 6.61 Å². The number of hydrogen-bond acceptors (Lipinski definition) is 5. The van der Waals surface area contributed by atoms with Crippen molar-refractivity contribution in [2.45, 2.75) is 20.0 Å². The summed E-state index contributed by atoms with van der Waals surface area (Å²) in [5.74, 6) is 0.798. The van der Waals surface area contributed by atoms with Crippen molar-refractivity contribution >= 4 is 0 Å². The van der Waals surface area contributed by atoms with Gasteiger partial charge < -0.3 is 10.5 Å². The van der Waals surface area contributed by atoms with Gasteiger partial charge in [-0.3, -0.25) is 4.98 Å². The third kappa shape index (κ3) is 3.01. The normalized spacial score (nSPS) is 10.5. The lowest BCUT2D eigenvalue weighted by Gasteiger charge is -2.07. The molecule has 2 N–H and O–H groups in total.